The van der Waals surface area contributed by atoms with Crippen LogP contribution >= 0.6 is 0 Å². The summed E-state index contributed by atoms with van der Waals surface area (Å²) in [5, 5.41) is 0. The summed E-state index contributed by atoms with van der Waals surface area (Å²) in [6.45, 7) is 1.76. The molecule has 1 aliphatic carbocycles. The number of hydrogen-bond donors (Lipinski definition) is 2. The van der Waals surface area contributed by atoms with Gasteiger partial charge in [0.15, 0.2) is 0 Å². The SMILES string of the molecule is Cc1ccc(C(NN)c2ccc(C3CCC3)cc2)cc1F. The lowest BCUT2D eigenvalue weighted by atomic mass is 9.79. The van der Waals surface area contributed by atoms with Crippen LogP contribution in [0, 0.1) is 12.7 Å². The Morgan fingerprint density at radius 3 is 2.29 bits per heavy atom. The van der Waals surface area contributed by atoms with Crippen molar-refractivity contribution in [2.24, 2.45) is 5.84 Å². The Labute approximate surface area is 125 Å². The van der Waals surface area contributed by atoms with Gasteiger partial charge in [0, 0.05) is 0 Å². The smallest absolute Gasteiger partial charge is 0.126 e. The average molecular weight is 284 g/mol. The molecule has 2 nitrogen and oxygen atoms in total. The number of nitrogens with two attached hydrogens (primary N) is 1. The van der Waals surface area contributed by atoms with Crippen LogP contribution in [0.25, 0.3) is 0 Å². The van der Waals surface area contributed by atoms with Gasteiger partial charge in [-0.25, -0.2) is 9.82 Å². The zero-order valence-corrected chi connectivity index (χ0v) is 12.3. The predicted octanol–water partition coefficient (Wildman–Crippen LogP) is 3.95. The number of nitrogens with one attached hydrogen (secondary N) is 1. The Kier molecular flexibility index (Phi) is 4.04. The molecule has 0 aliphatic heterocycles. The third-order valence-corrected chi connectivity index (χ3v) is 4.54. The second-order valence-corrected chi connectivity index (χ2v) is 5.90. The maximum absolute atomic E-state index is 13.7. The molecule has 1 fully saturated rings. The van der Waals surface area contributed by atoms with Crippen LogP contribution in [-0.4, -0.2) is 0 Å². The number of rotatable bonds is 4. The molecule has 0 heterocycles. The van der Waals surface area contributed by atoms with Crippen LogP contribution < -0.4 is 11.3 Å². The second-order valence-electron chi connectivity index (χ2n) is 5.90. The van der Waals surface area contributed by atoms with Gasteiger partial charge in [-0.15, -0.1) is 0 Å². The lowest BCUT2D eigenvalue weighted by molar-refractivity contribution is 0.419. The molecule has 1 saturated carbocycles. The lowest BCUT2D eigenvalue weighted by Crippen LogP contribution is -2.29. The van der Waals surface area contributed by atoms with Crippen LogP contribution in [-0.2, 0) is 0 Å². The fourth-order valence-electron chi connectivity index (χ4n) is 2.88. The van der Waals surface area contributed by atoms with Gasteiger partial charge >= 0.3 is 0 Å². The topological polar surface area (TPSA) is 38.0 Å². The van der Waals surface area contributed by atoms with Crippen molar-refractivity contribution in [3.8, 4) is 0 Å². The van der Waals surface area contributed by atoms with Crippen LogP contribution in [0.4, 0.5) is 4.39 Å². The molecule has 110 valence electrons. The molecule has 0 radical (unpaired) electrons. The van der Waals surface area contributed by atoms with Crippen molar-refractivity contribution in [3.05, 3.63) is 70.5 Å². The van der Waals surface area contributed by atoms with E-state index in [1.54, 1.807) is 19.1 Å². The van der Waals surface area contributed by atoms with Gasteiger partial charge in [0.1, 0.15) is 5.82 Å². The minimum Gasteiger partial charge on any atom is -0.271 e. The highest BCUT2D eigenvalue weighted by Crippen LogP contribution is 2.36. The molecule has 3 heteroatoms. The van der Waals surface area contributed by atoms with Crippen molar-refractivity contribution in [2.75, 3.05) is 0 Å². The third kappa shape index (κ3) is 2.85. The van der Waals surface area contributed by atoms with Gasteiger partial charge in [-0.2, -0.15) is 0 Å². The summed E-state index contributed by atoms with van der Waals surface area (Å²) < 4.78 is 13.7. The van der Waals surface area contributed by atoms with E-state index in [9.17, 15) is 4.39 Å². The highest BCUT2D eigenvalue weighted by molar-refractivity contribution is 5.36. The Hall–Kier alpha value is -1.71. The minimum atomic E-state index is -0.196. The molecule has 0 saturated heterocycles. The molecule has 3 rings (SSSR count). The summed E-state index contributed by atoms with van der Waals surface area (Å²) in [5.74, 6) is 6.21. The number of hydrogen-bond acceptors (Lipinski definition) is 2. The van der Waals surface area contributed by atoms with E-state index < -0.39 is 0 Å². The first-order valence-electron chi connectivity index (χ1n) is 7.51. The van der Waals surface area contributed by atoms with Crippen molar-refractivity contribution in [1.29, 1.82) is 0 Å². The van der Waals surface area contributed by atoms with Crippen LogP contribution in [0.2, 0.25) is 0 Å². The molecule has 1 atom stereocenters. The van der Waals surface area contributed by atoms with Crippen molar-refractivity contribution < 1.29 is 4.39 Å². The highest BCUT2D eigenvalue weighted by atomic mass is 19.1. The van der Waals surface area contributed by atoms with Crippen LogP contribution in [0.5, 0.6) is 0 Å². The van der Waals surface area contributed by atoms with E-state index in [4.69, 9.17) is 5.84 Å². The van der Waals surface area contributed by atoms with Gasteiger partial charge in [-0.3, -0.25) is 5.84 Å². The summed E-state index contributed by atoms with van der Waals surface area (Å²) in [6.07, 6.45) is 3.92. The van der Waals surface area contributed by atoms with E-state index in [-0.39, 0.29) is 11.9 Å². The normalized spacial score (nSPS) is 16.5. The molecule has 0 aromatic heterocycles. The van der Waals surface area contributed by atoms with Gasteiger partial charge < -0.3 is 0 Å². The molecular weight excluding hydrogens is 263 g/mol. The standard InChI is InChI=1S/C18H21FN2/c1-12-5-6-16(11-17(12)19)18(21-20)15-9-7-14(8-10-15)13-3-2-4-13/h5-11,13,18,21H,2-4,20H2,1H3. The molecule has 3 N–H and O–H groups in total. The first kappa shape index (κ1) is 14.2. The zero-order chi connectivity index (χ0) is 14.8. The molecule has 1 aliphatic rings. The molecule has 0 bridgehead atoms. The zero-order valence-electron chi connectivity index (χ0n) is 12.3. The summed E-state index contributed by atoms with van der Waals surface area (Å²) in [6, 6.07) is 13.6. The fraction of sp³-hybridized carbons (Fsp3) is 0.333. The fourth-order valence-corrected chi connectivity index (χ4v) is 2.88. The number of aryl methyl sites for hydroxylation is 1. The maximum Gasteiger partial charge on any atom is 0.126 e. The van der Waals surface area contributed by atoms with Gasteiger partial charge in [0.2, 0.25) is 0 Å². The summed E-state index contributed by atoms with van der Waals surface area (Å²) in [5.41, 5.74) is 6.74. The van der Waals surface area contributed by atoms with Gasteiger partial charge in [-0.1, -0.05) is 42.8 Å². The average Bonchev–Trinajstić information content (AvgIpc) is 2.43. The van der Waals surface area contributed by atoms with Gasteiger partial charge in [0.05, 0.1) is 6.04 Å². The van der Waals surface area contributed by atoms with Gasteiger partial charge in [0.25, 0.3) is 0 Å². The molecule has 0 spiro atoms. The first-order chi connectivity index (χ1) is 10.2. The van der Waals surface area contributed by atoms with Crippen molar-refractivity contribution in [3.63, 3.8) is 0 Å². The summed E-state index contributed by atoms with van der Waals surface area (Å²) >= 11 is 0. The number of benzene rings is 2. The largest absolute Gasteiger partial charge is 0.271 e. The molecule has 0 amide bonds. The van der Waals surface area contributed by atoms with Crippen LogP contribution in [0.15, 0.2) is 42.5 Å². The first-order valence-corrected chi connectivity index (χ1v) is 7.51. The quantitative estimate of drug-likeness (QED) is 0.659. The summed E-state index contributed by atoms with van der Waals surface area (Å²) in [4.78, 5) is 0. The molecular formula is C18H21FN2. The molecule has 2 aromatic rings. The lowest BCUT2D eigenvalue weighted by Gasteiger charge is -2.26. The minimum absolute atomic E-state index is 0.185. The van der Waals surface area contributed by atoms with Crippen molar-refractivity contribution in [1.82, 2.24) is 5.43 Å². The third-order valence-electron chi connectivity index (χ3n) is 4.54. The second kappa shape index (κ2) is 5.96. The van der Waals surface area contributed by atoms with Crippen LogP contribution in [0.3, 0.4) is 0 Å². The Morgan fingerprint density at radius 2 is 1.76 bits per heavy atom. The number of halogens is 1. The van der Waals surface area contributed by atoms with Crippen molar-refractivity contribution in [2.45, 2.75) is 38.1 Å². The van der Waals surface area contributed by atoms with E-state index in [1.807, 2.05) is 6.07 Å². The van der Waals surface area contributed by atoms with Gasteiger partial charge in [-0.05, 0) is 54.0 Å². The molecule has 1 unspecified atom stereocenters. The Morgan fingerprint density at radius 1 is 1.10 bits per heavy atom. The van der Waals surface area contributed by atoms with E-state index in [0.29, 0.717) is 5.56 Å². The Bertz CT molecular complexity index is 618. The highest BCUT2D eigenvalue weighted by Gasteiger charge is 2.20. The Balaban J connectivity index is 1.86. The van der Waals surface area contributed by atoms with Crippen LogP contribution in [0.1, 0.15) is 53.5 Å². The monoisotopic (exact) mass is 284 g/mol. The molecule has 2 aromatic carbocycles. The van der Waals surface area contributed by atoms with E-state index >= 15 is 0 Å². The maximum atomic E-state index is 13.7. The summed E-state index contributed by atoms with van der Waals surface area (Å²) in [7, 11) is 0. The predicted molar refractivity (Wildman–Crippen MR) is 83.3 cm³/mol. The molecule has 21 heavy (non-hydrogen) atoms. The van der Waals surface area contributed by atoms with E-state index in [1.165, 1.54) is 24.8 Å². The van der Waals surface area contributed by atoms with Crippen molar-refractivity contribution >= 4 is 0 Å². The van der Waals surface area contributed by atoms with E-state index in [2.05, 4.69) is 29.7 Å². The van der Waals surface area contributed by atoms with E-state index in [0.717, 1.165) is 17.0 Å². The number of hydrazine groups is 1.